The summed E-state index contributed by atoms with van der Waals surface area (Å²) in [6.07, 6.45) is 5.50. The minimum absolute atomic E-state index is 0.207. The standard InChI is InChI=1S/C8H14FNO/c9-6-8(10-11)7-4-2-1-3-5-7/h7,11H,1-6H2/b10-8+. The Morgan fingerprint density at radius 3 is 2.45 bits per heavy atom. The maximum atomic E-state index is 12.2. The van der Waals surface area contributed by atoms with Gasteiger partial charge >= 0.3 is 0 Å². The van der Waals surface area contributed by atoms with Crippen molar-refractivity contribution in [1.82, 2.24) is 0 Å². The Hall–Kier alpha value is -0.600. The molecule has 0 unspecified atom stereocenters. The summed E-state index contributed by atoms with van der Waals surface area (Å²) in [6.45, 7) is -0.596. The van der Waals surface area contributed by atoms with E-state index in [2.05, 4.69) is 5.16 Å². The number of halogens is 1. The molecule has 0 aliphatic heterocycles. The minimum atomic E-state index is -0.596. The van der Waals surface area contributed by atoms with E-state index in [1.807, 2.05) is 0 Å². The first-order valence-electron chi connectivity index (χ1n) is 4.15. The van der Waals surface area contributed by atoms with Gasteiger partial charge in [0.25, 0.3) is 0 Å². The van der Waals surface area contributed by atoms with Gasteiger partial charge in [0.2, 0.25) is 0 Å². The molecular weight excluding hydrogens is 145 g/mol. The van der Waals surface area contributed by atoms with Crippen molar-refractivity contribution in [2.75, 3.05) is 6.67 Å². The lowest BCUT2D eigenvalue weighted by Crippen LogP contribution is -2.19. The first-order valence-corrected chi connectivity index (χ1v) is 4.15. The zero-order valence-corrected chi connectivity index (χ0v) is 6.59. The van der Waals surface area contributed by atoms with Crippen LogP contribution in [0.3, 0.4) is 0 Å². The van der Waals surface area contributed by atoms with Crippen LogP contribution in [0.2, 0.25) is 0 Å². The Morgan fingerprint density at radius 2 is 2.00 bits per heavy atom. The monoisotopic (exact) mass is 159 g/mol. The molecule has 64 valence electrons. The molecular formula is C8H14FNO. The highest BCUT2D eigenvalue weighted by molar-refractivity contribution is 5.87. The Bertz CT molecular complexity index is 141. The molecule has 2 nitrogen and oxygen atoms in total. The Morgan fingerprint density at radius 1 is 1.36 bits per heavy atom. The molecule has 0 atom stereocenters. The third-order valence-electron chi connectivity index (χ3n) is 2.34. The second-order valence-electron chi connectivity index (χ2n) is 3.06. The third-order valence-corrected chi connectivity index (χ3v) is 2.34. The third kappa shape index (κ3) is 2.17. The van der Waals surface area contributed by atoms with E-state index in [-0.39, 0.29) is 5.92 Å². The summed E-state index contributed by atoms with van der Waals surface area (Å²) in [4.78, 5) is 0. The van der Waals surface area contributed by atoms with E-state index in [0.29, 0.717) is 5.71 Å². The number of hydrogen-bond donors (Lipinski definition) is 1. The van der Waals surface area contributed by atoms with Crippen LogP contribution >= 0.6 is 0 Å². The topological polar surface area (TPSA) is 32.6 Å². The lowest BCUT2D eigenvalue weighted by atomic mass is 9.86. The van der Waals surface area contributed by atoms with E-state index in [4.69, 9.17) is 5.21 Å². The van der Waals surface area contributed by atoms with Crippen LogP contribution in [-0.4, -0.2) is 17.6 Å². The average molecular weight is 159 g/mol. The molecule has 1 N–H and O–H groups in total. The summed E-state index contributed by atoms with van der Waals surface area (Å²) in [5.74, 6) is 0.207. The van der Waals surface area contributed by atoms with Crippen molar-refractivity contribution in [1.29, 1.82) is 0 Å². The summed E-state index contributed by atoms with van der Waals surface area (Å²) < 4.78 is 12.2. The second-order valence-corrected chi connectivity index (χ2v) is 3.06. The van der Waals surface area contributed by atoms with Gasteiger partial charge in [-0.2, -0.15) is 0 Å². The van der Waals surface area contributed by atoms with Crippen LogP contribution in [-0.2, 0) is 0 Å². The van der Waals surface area contributed by atoms with Gasteiger partial charge in [0.1, 0.15) is 6.67 Å². The summed E-state index contributed by atoms with van der Waals surface area (Å²) in [7, 11) is 0. The average Bonchev–Trinajstić information content (AvgIpc) is 2.09. The van der Waals surface area contributed by atoms with E-state index in [1.165, 1.54) is 6.42 Å². The van der Waals surface area contributed by atoms with Gasteiger partial charge in [-0.15, -0.1) is 0 Å². The molecule has 0 heterocycles. The van der Waals surface area contributed by atoms with Crippen LogP contribution in [0, 0.1) is 5.92 Å². The lowest BCUT2D eigenvalue weighted by Gasteiger charge is -2.20. The minimum Gasteiger partial charge on any atom is -0.411 e. The molecule has 0 aromatic carbocycles. The molecule has 0 spiro atoms. The first kappa shape index (κ1) is 8.50. The Balaban J connectivity index is 2.43. The number of oxime groups is 1. The Labute approximate surface area is 66.1 Å². The maximum absolute atomic E-state index is 12.2. The van der Waals surface area contributed by atoms with Crippen LogP contribution < -0.4 is 0 Å². The number of alkyl halides is 1. The van der Waals surface area contributed by atoms with Crippen LogP contribution in [0.5, 0.6) is 0 Å². The Kier molecular flexibility index (Phi) is 3.33. The smallest absolute Gasteiger partial charge is 0.131 e. The van der Waals surface area contributed by atoms with Crippen molar-refractivity contribution in [2.24, 2.45) is 11.1 Å². The van der Waals surface area contributed by atoms with Crippen LogP contribution in [0.4, 0.5) is 4.39 Å². The summed E-state index contributed by atoms with van der Waals surface area (Å²) >= 11 is 0. The van der Waals surface area contributed by atoms with E-state index in [9.17, 15) is 4.39 Å². The quantitative estimate of drug-likeness (QED) is 0.374. The molecule has 1 rings (SSSR count). The highest BCUT2D eigenvalue weighted by Crippen LogP contribution is 2.24. The molecule has 0 bridgehead atoms. The van der Waals surface area contributed by atoms with E-state index in [1.54, 1.807) is 0 Å². The predicted molar refractivity (Wildman–Crippen MR) is 41.8 cm³/mol. The van der Waals surface area contributed by atoms with E-state index >= 15 is 0 Å². The fourth-order valence-electron chi connectivity index (χ4n) is 1.65. The van der Waals surface area contributed by atoms with Gasteiger partial charge in [-0.1, -0.05) is 24.4 Å². The zero-order valence-electron chi connectivity index (χ0n) is 6.59. The van der Waals surface area contributed by atoms with Crippen LogP contribution in [0.15, 0.2) is 5.16 Å². The first-order chi connectivity index (χ1) is 5.38. The van der Waals surface area contributed by atoms with Crippen molar-refractivity contribution in [3.63, 3.8) is 0 Å². The van der Waals surface area contributed by atoms with Gasteiger partial charge in [-0.3, -0.25) is 0 Å². The molecule has 0 saturated heterocycles. The molecule has 11 heavy (non-hydrogen) atoms. The fraction of sp³-hybridized carbons (Fsp3) is 0.875. The van der Waals surface area contributed by atoms with Crippen molar-refractivity contribution >= 4 is 5.71 Å². The van der Waals surface area contributed by atoms with Crippen LogP contribution in [0.1, 0.15) is 32.1 Å². The van der Waals surface area contributed by atoms with Crippen molar-refractivity contribution in [3.8, 4) is 0 Å². The summed E-state index contributed by atoms with van der Waals surface area (Å²) in [6, 6.07) is 0. The molecule has 1 aliphatic carbocycles. The normalized spacial score (nSPS) is 22.1. The molecule has 0 aromatic heterocycles. The molecule has 1 fully saturated rings. The van der Waals surface area contributed by atoms with Crippen molar-refractivity contribution in [2.45, 2.75) is 32.1 Å². The SMILES string of the molecule is O/N=C(\CF)C1CCCCC1. The van der Waals surface area contributed by atoms with E-state index in [0.717, 1.165) is 25.7 Å². The summed E-state index contributed by atoms with van der Waals surface area (Å²) in [5, 5.41) is 11.4. The number of rotatable bonds is 2. The van der Waals surface area contributed by atoms with Gasteiger partial charge in [-0.25, -0.2) is 4.39 Å². The van der Waals surface area contributed by atoms with Crippen molar-refractivity contribution in [3.05, 3.63) is 0 Å². The predicted octanol–water partition coefficient (Wildman–Crippen LogP) is 2.37. The highest BCUT2D eigenvalue weighted by Gasteiger charge is 2.19. The van der Waals surface area contributed by atoms with Gasteiger partial charge < -0.3 is 5.21 Å². The number of nitrogens with zero attached hydrogens (tertiary/aromatic N) is 1. The molecule has 0 aromatic rings. The van der Waals surface area contributed by atoms with E-state index < -0.39 is 6.67 Å². The number of hydrogen-bond acceptors (Lipinski definition) is 2. The molecule has 0 radical (unpaired) electrons. The molecule has 0 amide bonds. The maximum Gasteiger partial charge on any atom is 0.131 e. The van der Waals surface area contributed by atoms with Gasteiger partial charge in [0.05, 0.1) is 5.71 Å². The zero-order chi connectivity index (χ0) is 8.10. The van der Waals surface area contributed by atoms with Crippen LogP contribution in [0.25, 0.3) is 0 Å². The summed E-state index contributed by atoms with van der Waals surface area (Å²) in [5.41, 5.74) is 0.338. The molecule has 1 aliphatic rings. The molecule has 1 saturated carbocycles. The second kappa shape index (κ2) is 4.31. The van der Waals surface area contributed by atoms with Gasteiger partial charge in [0.15, 0.2) is 0 Å². The molecule has 3 heteroatoms. The fourth-order valence-corrected chi connectivity index (χ4v) is 1.65. The highest BCUT2D eigenvalue weighted by atomic mass is 19.1. The largest absolute Gasteiger partial charge is 0.411 e. The van der Waals surface area contributed by atoms with Gasteiger partial charge in [-0.05, 0) is 12.8 Å². The van der Waals surface area contributed by atoms with Crippen molar-refractivity contribution < 1.29 is 9.60 Å². The lowest BCUT2D eigenvalue weighted by molar-refractivity contribution is 0.304. The van der Waals surface area contributed by atoms with Gasteiger partial charge in [0, 0.05) is 5.92 Å².